The minimum atomic E-state index is 0. The van der Waals surface area contributed by atoms with E-state index in [0.29, 0.717) is 126 Å². The highest BCUT2D eigenvalue weighted by Gasteiger charge is 2.45. The molecule has 0 aliphatic carbocycles. The average molecular weight is 1770 g/mol. The van der Waals surface area contributed by atoms with Crippen LogP contribution in [-0.2, 0) is 4.74 Å². The van der Waals surface area contributed by atoms with Crippen molar-refractivity contribution < 1.29 is 13.6 Å². The SMILES string of the molecule is C.C.CC(C)[C@@H]1CCC(C)N1C(C)C.CC(C)[C@@H]1C[C@H](C2CCCO2)CN1C(C)C.CC(C)[C@@H]1C[C@H](c2ccco2)CN1C(C)C.CC(C)[C@@H]1C[C@H](c2cncs2)CN1C(C)C.CC(C)[C@@H]1C[C@H](c2ncco2)CN1C(C)C.CC(C)[C@@H]1C[C@H](n2cccn2)CN1C(C)C.CC(C)[C@@H]1C[C@H](n2ccnc2)CN1C(C)C.CC(C)[C@@H]1C[C@H](n2nccn2)CN1C(C)C. The molecule has 9 aliphatic rings. The Kier molecular flexibility index (Phi) is 46.0. The maximum Gasteiger partial charge on any atom is 0.198 e. The number of nitrogens with zero attached hydrogens (tertiary/aromatic N) is 17. The highest BCUT2D eigenvalue weighted by Crippen LogP contribution is 2.43. The highest BCUT2D eigenvalue weighted by molar-refractivity contribution is 7.09. The summed E-state index contributed by atoms with van der Waals surface area (Å²) in [4.78, 5) is 37.1. The third kappa shape index (κ3) is 30.7. The fourth-order valence-electron chi connectivity index (χ4n) is 22.7. The number of aromatic nitrogens is 9. The van der Waals surface area contributed by atoms with Gasteiger partial charge in [0.25, 0.3) is 0 Å². The molecule has 15 heterocycles. The predicted molar refractivity (Wildman–Crippen MR) is 533 cm³/mol. The van der Waals surface area contributed by atoms with Gasteiger partial charge in [0.1, 0.15) is 12.0 Å². The Bertz CT molecular complexity index is 3070. The largest absolute Gasteiger partial charge is 0.469 e. The first-order valence-corrected chi connectivity index (χ1v) is 50.9. The Hall–Kier alpha value is -4.68. The molecule has 9 saturated heterocycles. The average Bonchev–Trinajstić information content (AvgIpc) is 1.68. The minimum Gasteiger partial charge on any atom is -0.469 e. The van der Waals surface area contributed by atoms with Crippen molar-refractivity contribution in [3.8, 4) is 0 Å². The Morgan fingerprint density at radius 2 is 0.825 bits per heavy atom. The topological polar surface area (TPSA) is 154 Å². The van der Waals surface area contributed by atoms with Gasteiger partial charge in [0, 0.05) is 215 Å². The zero-order valence-electron chi connectivity index (χ0n) is 84.9. The molecule has 0 spiro atoms. The van der Waals surface area contributed by atoms with Gasteiger partial charge in [-0.2, -0.15) is 20.1 Å². The predicted octanol–water partition coefficient (Wildman–Crippen LogP) is 23.9. The number of oxazole rings is 1. The Morgan fingerprint density at radius 1 is 0.381 bits per heavy atom. The molecule has 0 radical (unpaired) electrons. The molecule has 126 heavy (non-hydrogen) atoms. The number of imidazole rings is 1. The molecule has 20 nitrogen and oxygen atoms in total. The van der Waals surface area contributed by atoms with E-state index in [9.17, 15) is 0 Å². The van der Waals surface area contributed by atoms with E-state index in [4.69, 9.17) is 13.6 Å². The first kappa shape index (κ1) is 110. The number of likely N-dealkylation sites (tertiary alicyclic amines) is 8. The molecular formula is C105H193N17O3S. The van der Waals surface area contributed by atoms with Crippen molar-refractivity contribution in [1.82, 2.24) is 83.5 Å². The molecule has 0 amide bonds. The van der Waals surface area contributed by atoms with Gasteiger partial charge in [0.05, 0.1) is 54.9 Å². The third-order valence-electron chi connectivity index (χ3n) is 29.5. The van der Waals surface area contributed by atoms with Gasteiger partial charge < -0.3 is 18.1 Å². The first-order chi connectivity index (χ1) is 58.7. The number of hydrogen-bond donors (Lipinski definition) is 0. The van der Waals surface area contributed by atoms with E-state index in [1.54, 1.807) is 31.1 Å². The van der Waals surface area contributed by atoms with E-state index >= 15 is 0 Å². The molecule has 9 aliphatic heterocycles. The summed E-state index contributed by atoms with van der Waals surface area (Å²) in [6.45, 7) is 85.5. The van der Waals surface area contributed by atoms with Crippen LogP contribution >= 0.6 is 11.3 Å². The van der Waals surface area contributed by atoms with Gasteiger partial charge >= 0.3 is 0 Å². The quantitative estimate of drug-likeness (QED) is 0.0597. The number of furan rings is 1. The molecule has 722 valence electrons. The molecule has 15 rings (SSSR count). The van der Waals surface area contributed by atoms with Gasteiger partial charge in [-0.1, -0.05) is 126 Å². The molecule has 2 unspecified atom stereocenters. The third-order valence-corrected chi connectivity index (χ3v) is 30.5. The number of ether oxygens (including phenoxy) is 1. The van der Waals surface area contributed by atoms with Crippen LogP contribution in [0.15, 0.2) is 101 Å². The second kappa shape index (κ2) is 52.7. The highest BCUT2D eigenvalue weighted by atomic mass is 32.1. The van der Waals surface area contributed by atoms with Crippen LogP contribution in [0, 0.1) is 53.3 Å². The summed E-state index contributed by atoms with van der Waals surface area (Å²) in [5.74, 6) is 10.6. The van der Waals surface area contributed by atoms with Crippen molar-refractivity contribution in [3.05, 3.63) is 109 Å². The van der Waals surface area contributed by atoms with Crippen LogP contribution in [-0.4, -0.2) is 245 Å². The van der Waals surface area contributed by atoms with Crippen LogP contribution in [0.4, 0.5) is 0 Å². The van der Waals surface area contributed by atoms with E-state index in [-0.39, 0.29) is 14.9 Å². The molecule has 21 heteroatoms. The van der Waals surface area contributed by atoms with Crippen LogP contribution < -0.4 is 0 Å². The monoisotopic (exact) mass is 1770 g/mol. The molecule has 0 aromatic carbocycles. The molecule has 0 saturated carbocycles. The fourth-order valence-corrected chi connectivity index (χ4v) is 23.5. The normalized spacial score (nSPS) is 28.4. The molecule has 0 bridgehead atoms. The lowest BCUT2D eigenvalue weighted by Crippen LogP contribution is -2.42. The van der Waals surface area contributed by atoms with Gasteiger partial charge in [0.15, 0.2) is 5.89 Å². The summed E-state index contributed by atoms with van der Waals surface area (Å²) in [6.07, 6.45) is 35.3. The summed E-state index contributed by atoms with van der Waals surface area (Å²) in [5, 5.41) is 12.9. The van der Waals surface area contributed by atoms with Crippen molar-refractivity contribution in [1.29, 1.82) is 0 Å². The van der Waals surface area contributed by atoms with E-state index in [0.717, 1.165) is 123 Å². The second-order valence-electron chi connectivity index (χ2n) is 43.6. The Balaban J connectivity index is 0.000000222. The zero-order chi connectivity index (χ0) is 91.2. The molecule has 6 aromatic heterocycles. The lowest BCUT2D eigenvalue weighted by Gasteiger charge is -2.34. The summed E-state index contributed by atoms with van der Waals surface area (Å²) in [5.41, 5.74) is 1.96. The maximum absolute atomic E-state index is 5.87. The molecular weight excluding hydrogens is 1580 g/mol. The van der Waals surface area contributed by atoms with E-state index in [2.05, 4.69) is 332 Å². The molecule has 17 atom stereocenters. The Labute approximate surface area is 776 Å². The minimum absolute atomic E-state index is 0. The standard InChI is InChI=1S/C14H27NO.C14H23NO.2C13H23N3.C13H22N2O.C13H22N2S.C12H22N4.C11H23N.2CH4/c2*1-10(2)13-8-12(9-15(13)11(3)4)14-6-5-7-16-14;1-10(2)13-7-12(8-16(13)11(3)4)15-6-5-14-9-15;1-10(2)13-8-12(9-15(13)11(3)4)16-7-5-6-14-16;1-9(2)12-7-11(8-15(12)10(3)4)13-14-5-6-16-13;1-9(2)12-5-11(7-15(12)10(3)4)13-6-14-8-16-13;1-9(2)12-7-11(8-15(12)10(3)4)16-13-5-6-14-16;1-8(2)11-7-6-10(5)12(11)9(3)4;;/h10-14H,5-9H2,1-4H3;5-7,10-13H,8-9H2,1-4H3;5-6,9-13H,7-8H2,1-4H3;5-7,10-13H,8-9H2,1-4H3;5-6,9-12H,7-8H2,1-4H3;6,8-12H,5,7H2,1-4H3;5-6,9-12H,7-8H2,1-4H3;8-11H,6-7H2,1-5H3;2*1H4/t12-,13-,14?;3*12-,13-;3*11-,12-;10?,11-;;/m00000000../s1. The fraction of sp³-hybridized carbons (Fsp3) is 0.829. The van der Waals surface area contributed by atoms with E-state index in [1.807, 2.05) is 52.5 Å². The smallest absolute Gasteiger partial charge is 0.198 e. The van der Waals surface area contributed by atoms with Crippen LogP contribution in [0.5, 0.6) is 0 Å². The Morgan fingerprint density at radius 3 is 1.21 bits per heavy atom. The van der Waals surface area contributed by atoms with Gasteiger partial charge in [-0.05, 0) is 260 Å². The van der Waals surface area contributed by atoms with Crippen LogP contribution in [0.25, 0.3) is 0 Å². The van der Waals surface area contributed by atoms with Crippen LogP contribution in [0.1, 0.15) is 366 Å². The second-order valence-corrected chi connectivity index (χ2v) is 44.6. The van der Waals surface area contributed by atoms with Gasteiger partial charge in [-0.15, -0.1) is 11.3 Å². The van der Waals surface area contributed by atoms with Gasteiger partial charge in [0.2, 0.25) is 0 Å². The van der Waals surface area contributed by atoms with Gasteiger partial charge in [-0.3, -0.25) is 48.9 Å². The molecule has 6 aromatic rings. The van der Waals surface area contributed by atoms with Crippen molar-refractivity contribution in [2.75, 3.05) is 52.4 Å². The van der Waals surface area contributed by atoms with Crippen molar-refractivity contribution >= 4 is 11.3 Å². The van der Waals surface area contributed by atoms with E-state index in [1.165, 1.54) is 88.6 Å². The van der Waals surface area contributed by atoms with Crippen molar-refractivity contribution in [2.24, 2.45) is 53.3 Å². The first-order valence-electron chi connectivity index (χ1n) is 50.0. The summed E-state index contributed by atoms with van der Waals surface area (Å²) >= 11 is 1.81. The van der Waals surface area contributed by atoms with Gasteiger partial charge in [-0.25, -0.2) is 9.97 Å². The summed E-state index contributed by atoms with van der Waals surface area (Å²) in [7, 11) is 0. The van der Waals surface area contributed by atoms with Crippen molar-refractivity contribution in [3.63, 3.8) is 0 Å². The van der Waals surface area contributed by atoms with Crippen LogP contribution in [0.2, 0.25) is 0 Å². The number of thiazole rings is 1. The maximum atomic E-state index is 5.87. The zero-order valence-corrected chi connectivity index (χ0v) is 85.7. The van der Waals surface area contributed by atoms with E-state index < -0.39 is 0 Å². The molecule has 0 N–H and O–H groups in total. The summed E-state index contributed by atoms with van der Waals surface area (Å²) < 4.78 is 21.2. The van der Waals surface area contributed by atoms with Crippen LogP contribution in [0.3, 0.4) is 0 Å². The summed E-state index contributed by atoms with van der Waals surface area (Å²) in [6, 6.07) is 19.5. The lowest BCUT2D eigenvalue weighted by molar-refractivity contribution is 0.0642. The number of hydrogen-bond acceptors (Lipinski definition) is 18. The van der Waals surface area contributed by atoms with Crippen molar-refractivity contribution in [2.45, 2.75) is 459 Å². The lowest BCUT2D eigenvalue weighted by atomic mass is 9.93. The number of rotatable bonds is 23. The molecule has 9 fully saturated rings.